The number of carbonyl (C=O) groups is 2. The summed E-state index contributed by atoms with van der Waals surface area (Å²) in [6.45, 7) is 1.99. The van der Waals surface area contributed by atoms with Gasteiger partial charge in [-0.05, 0) is 12.5 Å². The fourth-order valence-corrected chi connectivity index (χ4v) is 2.38. The first-order valence-electron chi connectivity index (χ1n) is 8.42. The molecule has 0 saturated carbocycles. The molecule has 0 aliphatic heterocycles. The van der Waals surface area contributed by atoms with E-state index in [2.05, 4.69) is 32.7 Å². The Morgan fingerprint density at radius 3 is 2.96 bits per heavy atom. The normalized spacial score (nSPS) is 11.6. The molecule has 0 spiro atoms. The number of aromatic nitrogens is 4. The van der Waals surface area contributed by atoms with Gasteiger partial charge in [-0.1, -0.05) is 26.2 Å². The minimum atomic E-state index is -0.541. The van der Waals surface area contributed by atoms with Gasteiger partial charge >= 0.3 is 0 Å². The summed E-state index contributed by atoms with van der Waals surface area (Å²) in [5.74, 6) is -0.0796. The Bertz CT molecular complexity index is 693. The van der Waals surface area contributed by atoms with Crippen molar-refractivity contribution in [1.82, 2.24) is 30.0 Å². The second-order valence-electron chi connectivity index (χ2n) is 5.74. The van der Waals surface area contributed by atoms with Crippen molar-refractivity contribution >= 4 is 18.3 Å². The van der Waals surface area contributed by atoms with Gasteiger partial charge in [-0.2, -0.15) is 4.98 Å². The number of amides is 2. The molecule has 2 rings (SSSR count). The summed E-state index contributed by atoms with van der Waals surface area (Å²) in [6.07, 6.45) is 10.2. The molecule has 0 unspecified atom stereocenters. The minimum absolute atomic E-state index is 0.0728. The van der Waals surface area contributed by atoms with Gasteiger partial charge in [0.1, 0.15) is 12.1 Å². The van der Waals surface area contributed by atoms with Crippen molar-refractivity contribution in [3.8, 4) is 5.82 Å². The van der Waals surface area contributed by atoms with Crippen LogP contribution in [-0.4, -0.2) is 48.7 Å². The van der Waals surface area contributed by atoms with Crippen LogP contribution in [0.25, 0.3) is 5.82 Å². The standard InChI is InChI=1S/C16H23N7O3/c1-2-3-4-5-13(10-23(26)12-24)15(25)20-21-16-18-7-6-14(19-16)22-9-8-17-11-22/h6-9,11-13,26H,2-5,10H2,1H3,(H,20,25)(H,18,19,21)/t13-/m1/s1. The molecule has 1 atom stereocenters. The summed E-state index contributed by atoms with van der Waals surface area (Å²) in [7, 11) is 0. The number of hydrogen-bond acceptors (Lipinski definition) is 7. The predicted octanol–water partition coefficient (Wildman–Crippen LogP) is 1.15. The fraction of sp³-hybridized carbons (Fsp3) is 0.438. The molecule has 0 saturated heterocycles. The predicted molar refractivity (Wildman–Crippen MR) is 93.1 cm³/mol. The molecule has 3 N–H and O–H groups in total. The summed E-state index contributed by atoms with van der Waals surface area (Å²) in [5, 5.41) is 9.87. The van der Waals surface area contributed by atoms with Gasteiger partial charge < -0.3 is 0 Å². The number of imidazole rings is 1. The lowest BCUT2D eigenvalue weighted by molar-refractivity contribution is -0.154. The highest BCUT2D eigenvalue weighted by Crippen LogP contribution is 2.12. The van der Waals surface area contributed by atoms with Crippen molar-refractivity contribution in [2.45, 2.75) is 32.6 Å². The average Bonchev–Trinajstić information content (AvgIpc) is 3.20. The quantitative estimate of drug-likeness (QED) is 0.237. The number of anilines is 1. The van der Waals surface area contributed by atoms with E-state index in [0.29, 0.717) is 17.3 Å². The van der Waals surface area contributed by atoms with Crippen LogP contribution in [0.15, 0.2) is 31.0 Å². The number of hydrogen-bond donors (Lipinski definition) is 3. The average molecular weight is 361 g/mol. The lowest BCUT2D eigenvalue weighted by atomic mass is 10.0. The maximum absolute atomic E-state index is 12.4. The zero-order valence-corrected chi connectivity index (χ0v) is 14.6. The third kappa shape index (κ3) is 5.81. The van der Waals surface area contributed by atoms with Gasteiger partial charge in [0, 0.05) is 18.6 Å². The number of nitrogens with one attached hydrogen (secondary N) is 2. The summed E-state index contributed by atoms with van der Waals surface area (Å²) >= 11 is 0. The second kappa shape index (κ2) is 10.1. The van der Waals surface area contributed by atoms with Crippen molar-refractivity contribution in [2.75, 3.05) is 12.0 Å². The molecule has 26 heavy (non-hydrogen) atoms. The molecule has 0 fully saturated rings. The molecule has 2 heterocycles. The number of hydrazine groups is 1. The molecule has 10 nitrogen and oxygen atoms in total. The lowest BCUT2D eigenvalue weighted by Gasteiger charge is -2.19. The van der Waals surface area contributed by atoms with Gasteiger partial charge in [0.05, 0.1) is 12.5 Å². The van der Waals surface area contributed by atoms with E-state index >= 15 is 0 Å². The first-order chi connectivity index (χ1) is 12.6. The van der Waals surface area contributed by atoms with Crippen LogP contribution < -0.4 is 10.9 Å². The molecule has 0 aliphatic carbocycles. The molecular formula is C16H23N7O3. The lowest BCUT2D eigenvalue weighted by Crippen LogP contribution is -2.40. The number of rotatable bonds is 11. The highest BCUT2D eigenvalue weighted by atomic mass is 16.5. The van der Waals surface area contributed by atoms with E-state index in [1.807, 2.05) is 0 Å². The number of hydroxylamine groups is 2. The number of nitrogens with zero attached hydrogens (tertiary/aromatic N) is 5. The van der Waals surface area contributed by atoms with Crippen LogP contribution in [0.3, 0.4) is 0 Å². The summed E-state index contributed by atoms with van der Waals surface area (Å²) in [6, 6.07) is 1.70. The summed E-state index contributed by atoms with van der Waals surface area (Å²) in [4.78, 5) is 35.3. The van der Waals surface area contributed by atoms with E-state index in [1.165, 1.54) is 0 Å². The molecule has 0 aromatic carbocycles. The van der Waals surface area contributed by atoms with E-state index in [9.17, 15) is 14.8 Å². The number of carbonyl (C=O) groups excluding carboxylic acids is 2. The summed E-state index contributed by atoms with van der Waals surface area (Å²) < 4.78 is 1.70. The van der Waals surface area contributed by atoms with Gasteiger partial charge in [-0.3, -0.25) is 30.2 Å². The second-order valence-corrected chi connectivity index (χ2v) is 5.74. The molecular weight excluding hydrogens is 338 g/mol. The van der Waals surface area contributed by atoms with Gasteiger partial charge in [-0.15, -0.1) is 0 Å². The molecule has 0 bridgehead atoms. The van der Waals surface area contributed by atoms with Crippen molar-refractivity contribution in [3.05, 3.63) is 31.0 Å². The maximum Gasteiger partial charge on any atom is 0.243 e. The third-order valence-corrected chi connectivity index (χ3v) is 3.76. The minimum Gasteiger partial charge on any atom is -0.290 e. The monoisotopic (exact) mass is 361 g/mol. The molecule has 0 radical (unpaired) electrons. The van der Waals surface area contributed by atoms with Crippen LogP contribution in [0.1, 0.15) is 32.6 Å². The van der Waals surface area contributed by atoms with Crippen molar-refractivity contribution in [3.63, 3.8) is 0 Å². The Morgan fingerprint density at radius 1 is 1.42 bits per heavy atom. The summed E-state index contributed by atoms with van der Waals surface area (Å²) in [5.41, 5.74) is 5.20. The van der Waals surface area contributed by atoms with Gasteiger partial charge in [-0.25, -0.2) is 15.0 Å². The highest BCUT2D eigenvalue weighted by Gasteiger charge is 2.20. The van der Waals surface area contributed by atoms with Gasteiger partial charge in [0.2, 0.25) is 18.3 Å². The molecule has 10 heteroatoms. The van der Waals surface area contributed by atoms with E-state index < -0.39 is 5.92 Å². The topological polar surface area (TPSA) is 125 Å². The number of unbranched alkanes of at least 4 members (excludes halogenated alkanes) is 2. The van der Waals surface area contributed by atoms with E-state index in [4.69, 9.17) is 0 Å². The Kier molecular flexibility index (Phi) is 7.49. The van der Waals surface area contributed by atoms with Gasteiger partial charge in [0.25, 0.3) is 0 Å². The Labute approximate surface area is 151 Å². The van der Waals surface area contributed by atoms with Gasteiger partial charge in [0.15, 0.2) is 0 Å². The molecule has 2 aromatic rings. The SMILES string of the molecule is CCCCC[C@H](CN(O)C=O)C(=O)NNc1nccc(-n2ccnc2)n1. The zero-order chi connectivity index (χ0) is 18.8. The largest absolute Gasteiger partial charge is 0.290 e. The van der Waals surface area contributed by atoms with Crippen LogP contribution in [0, 0.1) is 5.92 Å². The Hall–Kier alpha value is -3.01. The maximum atomic E-state index is 12.4. The first kappa shape index (κ1) is 19.3. The molecule has 2 aromatic heterocycles. The zero-order valence-electron chi connectivity index (χ0n) is 14.6. The van der Waals surface area contributed by atoms with Crippen LogP contribution in [-0.2, 0) is 9.59 Å². The van der Waals surface area contributed by atoms with Crippen LogP contribution >= 0.6 is 0 Å². The van der Waals surface area contributed by atoms with E-state index in [-0.39, 0.29) is 24.8 Å². The Balaban J connectivity index is 1.95. The third-order valence-electron chi connectivity index (χ3n) is 3.76. The van der Waals surface area contributed by atoms with E-state index in [1.54, 1.807) is 35.6 Å². The molecule has 2 amide bonds. The Morgan fingerprint density at radius 2 is 2.27 bits per heavy atom. The fourth-order valence-electron chi connectivity index (χ4n) is 2.38. The van der Waals surface area contributed by atoms with Crippen LogP contribution in [0.5, 0.6) is 0 Å². The van der Waals surface area contributed by atoms with Crippen molar-refractivity contribution in [1.29, 1.82) is 0 Å². The van der Waals surface area contributed by atoms with Crippen molar-refractivity contribution < 1.29 is 14.8 Å². The smallest absolute Gasteiger partial charge is 0.243 e. The van der Waals surface area contributed by atoms with Crippen LogP contribution in [0.2, 0.25) is 0 Å². The van der Waals surface area contributed by atoms with Crippen molar-refractivity contribution in [2.24, 2.45) is 5.92 Å². The molecule has 140 valence electrons. The highest BCUT2D eigenvalue weighted by molar-refractivity contribution is 5.80. The molecule has 0 aliphatic rings. The van der Waals surface area contributed by atoms with E-state index in [0.717, 1.165) is 19.3 Å². The van der Waals surface area contributed by atoms with Crippen LogP contribution in [0.4, 0.5) is 5.95 Å². The first-order valence-corrected chi connectivity index (χ1v) is 8.42.